The number of amides is 1. The van der Waals surface area contributed by atoms with Crippen LogP contribution in [0.1, 0.15) is 24.8 Å². The van der Waals surface area contributed by atoms with Crippen LogP contribution >= 0.6 is 0 Å². The molecule has 108 valence electrons. The van der Waals surface area contributed by atoms with E-state index in [1.54, 1.807) is 12.4 Å². The van der Waals surface area contributed by atoms with Crippen LogP contribution in [0.4, 0.5) is 0 Å². The molecule has 5 nitrogen and oxygen atoms in total. The molecule has 0 bridgehead atoms. The van der Waals surface area contributed by atoms with Crippen molar-refractivity contribution in [3.8, 4) is 0 Å². The minimum absolute atomic E-state index is 0.0539. The van der Waals surface area contributed by atoms with Gasteiger partial charge in [-0.25, -0.2) is 0 Å². The molecule has 0 unspecified atom stereocenters. The molecular formula is C15H20N2O3. The van der Waals surface area contributed by atoms with Gasteiger partial charge in [0.1, 0.15) is 0 Å². The molecule has 3 rings (SSSR count). The number of nitrogens with zero attached hydrogens (tertiary/aromatic N) is 1. The summed E-state index contributed by atoms with van der Waals surface area (Å²) in [6, 6.07) is 3.96. The zero-order chi connectivity index (χ0) is 13.8. The second-order valence-corrected chi connectivity index (χ2v) is 5.43. The summed E-state index contributed by atoms with van der Waals surface area (Å²) in [6.45, 7) is 1.36. The number of carbonyl (C=O) groups is 1. The maximum Gasteiger partial charge on any atom is 0.224 e. The zero-order valence-electron chi connectivity index (χ0n) is 11.5. The average molecular weight is 276 g/mol. The lowest BCUT2D eigenvalue weighted by Gasteiger charge is -2.39. The summed E-state index contributed by atoms with van der Waals surface area (Å²) in [6.07, 6.45) is 6.96. The van der Waals surface area contributed by atoms with Crippen LogP contribution in [-0.4, -0.2) is 42.4 Å². The Hall–Kier alpha value is -1.46. The maximum atomic E-state index is 12.0. The molecule has 2 fully saturated rings. The molecule has 1 aromatic rings. The Bertz CT molecular complexity index is 452. The average Bonchev–Trinajstić information content (AvgIpc) is 2.48. The minimum atomic E-state index is 0.0539. The van der Waals surface area contributed by atoms with Gasteiger partial charge in [-0.2, -0.15) is 0 Å². The van der Waals surface area contributed by atoms with Crippen LogP contribution < -0.4 is 5.32 Å². The number of rotatable bonds is 3. The Morgan fingerprint density at radius 3 is 2.95 bits per heavy atom. The molecule has 1 saturated heterocycles. The molecule has 1 aliphatic carbocycles. The van der Waals surface area contributed by atoms with Crippen LogP contribution in [0.5, 0.6) is 0 Å². The molecule has 20 heavy (non-hydrogen) atoms. The van der Waals surface area contributed by atoms with Crippen molar-refractivity contribution in [2.24, 2.45) is 0 Å². The summed E-state index contributed by atoms with van der Waals surface area (Å²) in [5.41, 5.74) is 0.941. The Labute approximate surface area is 118 Å². The summed E-state index contributed by atoms with van der Waals surface area (Å²) in [5.74, 6) is 0.0539. The predicted octanol–water partition coefficient (Wildman–Crippen LogP) is 1.08. The molecule has 0 spiro atoms. The smallest absolute Gasteiger partial charge is 0.224 e. The fraction of sp³-hybridized carbons (Fsp3) is 0.600. The maximum absolute atomic E-state index is 12.0. The van der Waals surface area contributed by atoms with E-state index in [1.807, 2.05) is 12.1 Å². The van der Waals surface area contributed by atoms with Gasteiger partial charge in [0.15, 0.2) is 0 Å². The summed E-state index contributed by atoms with van der Waals surface area (Å²) < 4.78 is 11.4. The molecule has 3 atom stereocenters. The van der Waals surface area contributed by atoms with E-state index < -0.39 is 0 Å². The molecule has 0 aromatic carbocycles. The summed E-state index contributed by atoms with van der Waals surface area (Å²) in [7, 11) is 0. The molecule has 1 amide bonds. The Balaban J connectivity index is 1.49. The van der Waals surface area contributed by atoms with E-state index in [0.29, 0.717) is 19.6 Å². The third-order valence-corrected chi connectivity index (χ3v) is 3.93. The fourth-order valence-corrected chi connectivity index (χ4v) is 2.96. The summed E-state index contributed by atoms with van der Waals surface area (Å²) >= 11 is 0. The second-order valence-electron chi connectivity index (χ2n) is 5.43. The third kappa shape index (κ3) is 3.35. The fourth-order valence-electron chi connectivity index (χ4n) is 2.96. The van der Waals surface area contributed by atoms with E-state index in [2.05, 4.69) is 10.3 Å². The van der Waals surface area contributed by atoms with Crippen molar-refractivity contribution in [1.82, 2.24) is 10.3 Å². The van der Waals surface area contributed by atoms with Gasteiger partial charge < -0.3 is 14.8 Å². The van der Waals surface area contributed by atoms with Gasteiger partial charge in [-0.1, -0.05) is 6.07 Å². The zero-order valence-corrected chi connectivity index (χ0v) is 11.5. The van der Waals surface area contributed by atoms with Gasteiger partial charge in [-0.15, -0.1) is 0 Å². The number of fused-ring (bicyclic) bond motifs is 1. The van der Waals surface area contributed by atoms with Crippen LogP contribution in [0.25, 0.3) is 0 Å². The van der Waals surface area contributed by atoms with E-state index in [9.17, 15) is 4.79 Å². The summed E-state index contributed by atoms with van der Waals surface area (Å²) in [4.78, 5) is 16.1. The van der Waals surface area contributed by atoms with Gasteiger partial charge >= 0.3 is 0 Å². The predicted molar refractivity (Wildman–Crippen MR) is 73.2 cm³/mol. The first kappa shape index (κ1) is 13.5. The highest BCUT2D eigenvalue weighted by molar-refractivity contribution is 5.78. The van der Waals surface area contributed by atoms with Gasteiger partial charge in [0.25, 0.3) is 0 Å². The number of hydrogen-bond donors (Lipinski definition) is 1. The molecule has 1 N–H and O–H groups in total. The number of carbonyl (C=O) groups excluding carboxylic acids is 1. The lowest BCUT2D eigenvalue weighted by atomic mass is 9.89. The van der Waals surface area contributed by atoms with Gasteiger partial charge in [0, 0.05) is 18.4 Å². The monoisotopic (exact) mass is 276 g/mol. The van der Waals surface area contributed by atoms with Crippen molar-refractivity contribution in [3.05, 3.63) is 30.1 Å². The highest BCUT2D eigenvalue weighted by Crippen LogP contribution is 2.26. The second kappa shape index (κ2) is 6.33. The topological polar surface area (TPSA) is 60.5 Å². The highest BCUT2D eigenvalue weighted by Gasteiger charge is 2.34. The first-order valence-electron chi connectivity index (χ1n) is 7.23. The van der Waals surface area contributed by atoms with E-state index in [0.717, 1.165) is 24.8 Å². The quantitative estimate of drug-likeness (QED) is 0.897. The summed E-state index contributed by atoms with van der Waals surface area (Å²) in [5, 5.41) is 3.10. The van der Waals surface area contributed by atoms with Gasteiger partial charge in [-0.3, -0.25) is 9.78 Å². The Morgan fingerprint density at radius 1 is 1.30 bits per heavy atom. The SMILES string of the molecule is O=C(Cc1cccnc1)N[C@@H]1CC[C@@H]2OCCO[C@@H]2C1. The lowest BCUT2D eigenvalue weighted by Crippen LogP contribution is -2.49. The van der Waals surface area contributed by atoms with Gasteiger partial charge in [0.2, 0.25) is 5.91 Å². The number of ether oxygens (including phenoxy) is 2. The minimum Gasteiger partial charge on any atom is -0.373 e. The van der Waals surface area contributed by atoms with E-state index >= 15 is 0 Å². The Morgan fingerprint density at radius 2 is 2.15 bits per heavy atom. The molecule has 2 aliphatic rings. The van der Waals surface area contributed by atoms with E-state index in [4.69, 9.17) is 9.47 Å². The number of pyridine rings is 1. The number of aromatic nitrogens is 1. The van der Waals surface area contributed by atoms with Crippen LogP contribution in [0.15, 0.2) is 24.5 Å². The lowest BCUT2D eigenvalue weighted by molar-refractivity contribution is -0.158. The van der Waals surface area contributed by atoms with Crippen molar-refractivity contribution in [2.75, 3.05) is 13.2 Å². The Kier molecular flexibility index (Phi) is 4.28. The molecule has 5 heteroatoms. The van der Waals surface area contributed by atoms with E-state index in [-0.39, 0.29) is 24.2 Å². The van der Waals surface area contributed by atoms with Crippen molar-refractivity contribution in [2.45, 2.75) is 43.9 Å². The van der Waals surface area contributed by atoms with Crippen LogP contribution in [0.3, 0.4) is 0 Å². The third-order valence-electron chi connectivity index (χ3n) is 3.93. The molecule has 2 heterocycles. The molecule has 1 aromatic heterocycles. The molecular weight excluding hydrogens is 256 g/mol. The molecule has 1 saturated carbocycles. The van der Waals surface area contributed by atoms with Crippen molar-refractivity contribution < 1.29 is 14.3 Å². The normalized spacial score (nSPS) is 29.5. The molecule has 1 aliphatic heterocycles. The van der Waals surface area contributed by atoms with E-state index in [1.165, 1.54) is 0 Å². The van der Waals surface area contributed by atoms with Gasteiger partial charge in [0.05, 0.1) is 31.8 Å². The largest absolute Gasteiger partial charge is 0.373 e. The van der Waals surface area contributed by atoms with Crippen LogP contribution in [0, 0.1) is 0 Å². The first-order valence-corrected chi connectivity index (χ1v) is 7.23. The van der Waals surface area contributed by atoms with Gasteiger partial charge in [-0.05, 0) is 30.9 Å². The molecule has 0 radical (unpaired) electrons. The number of hydrogen-bond acceptors (Lipinski definition) is 4. The first-order chi connectivity index (χ1) is 9.81. The van der Waals surface area contributed by atoms with Crippen molar-refractivity contribution in [1.29, 1.82) is 0 Å². The van der Waals surface area contributed by atoms with Crippen molar-refractivity contribution >= 4 is 5.91 Å². The highest BCUT2D eigenvalue weighted by atomic mass is 16.6. The standard InChI is InChI=1S/C15H20N2O3/c18-15(8-11-2-1-5-16-10-11)17-12-3-4-13-14(9-12)20-7-6-19-13/h1-2,5,10,12-14H,3-4,6-9H2,(H,17,18)/t12-,13+,14-/m1/s1. The van der Waals surface area contributed by atoms with Crippen molar-refractivity contribution in [3.63, 3.8) is 0 Å². The number of nitrogens with one attached hydrogen (secondary N) is 1. The van der Waals surface area contributed by atoms with Crippen LogP contribution in [0.2, 0.25) is 0 Å². The van der Waals surface area contributed by atoms with Crippen LogP contribution in [-0.2, 0) is 20.7 Å².